The molecule has 2 aliphatic rings. The molecule has 0 spiro atoms. The van der Waals surface area contributed by atoms with Crippen LogP contribution >= 0.6 is 0 Å². The zero-order chi connectivity index (χ0) is 52.8. The lowest BCUT2D eigenvalue weighted by Gasteiger charge is -2.24. The van der Waals surface area contributed by atoms with Crippen LogP contribution in [0.3, 0.4) is 0 Å². The first kappa shape index (κ1) is 66.3. The predicted octanol–water partition coefficient (Wildman–Crippen LogP) is 13.6. The highest BCUT2D eigenvalue weighted by Gasteiger charge is 2.42. The van der Waals surface area contributed by atoms with Gasteiger partial charge in [0.15, 0.2) is 0 Å². The number of hydrogen-bond donors (Lipinski definition) is 0. The van der Waals surface area contributed by atoms with Crippen LogP contribution < -0.4 is 0 Å². The number of ether oxygens (including phenoxy) is 4. The molecule has 4 unspecified atom stereocenters. The van der Waals surface area contributed by atoms with Crippen molar-refractivity contribution in [1.29, 1.82) is 0 Å². The maximum atomic E-state index is 13.7. The molecule has 73 heavy (non-hydrogen) atoms. The molecule has 4 atom stereocenters. The molecule has 2 rings (SSSR count). The van der Waals surface area contributed by atoms with Crippen LogP contribution in [0.1, 0.15) is 221 Å². The first-order valence-corrected chi connectivity index (χ1v) is 30.5. The van der Waals surface area contributed by atoms with E-state index >= 15 is 0 Å². The summed E-state index contributed by atoms with van der Waals surface area (Å²) in [5.74, 6) is -0.680. The smallest absolute Gasteiger partial charge is 0.329 e. The molecule has 11 heteroatoms. The molecule has 0 aromatic heterocycles. The molecule has 0 radical (unpaired) electrons. The summed E-state index contributed by atoms with van der Waals surface area (Å²) in [5, 5.41) is 0. The van der Waals surface area contributed by atoms with Crippen molar-refractivity contribution in [2.45, 2.75) is 246 Å². The number of amides is 1. The second kappa shape index (κ2) is 46.5. The molecule has 0 aromatic rings. The Morgan fingerprint density at radius 3 is 1.44 bits per heavy atom. The Kier molecular flexibility index (Phi) is 42.2. The van der Waals surface area contributed by atoms with E-state index in [0.29, 0.717) is 45.5 Å². The maximum Gasteiger partial charge on any atom is 0.329 e. The molecule has 2 fully saturated rings. The summed E-state index contributed by atoms with van der Waals surface area (Å²) in [4.78, 5) is 49.4. The zero-order valence-corrected chi connectivity index (χ0v) is 48.1. The summed E-state index contributed by atoms with van der Waals surface area (Å²) in [6.45, 7) is 23.6. The van der Waals surface area contributed by atoms with Gasteiger partial charge < -0.3 is 33.6 Å². The molecule has 0 saturated carbocycles. The highest BCUT2D eigenvalue weighted by Crippen LogP contribution is 2.25. The Bertz CT molecular complexity index is 1440. The average Bonchev–Trinajstić information content (AvgIpc) is 4.00. The lowest BCUT2D eigenvalue weighted by molar-refractivity contribution is -0.153. The van der Waals surface area contributed by atoms with Crippen molar-refractivity contribution in [2.75, 3.05) is 85.3 Å². The number of allylic oxidation sites excluding steroid dienone is 8. The third-order valence-corrected chi connectivity index (χ3v) is 14.7. The van der Waals surface area contributed by atoms with Crippen molar-refractivity contribution in [3.05, 3.63) is 48.6 Å². The predicted molar refractivity (Wildman–Crippen MR) is 305 cm³/mol. The van der Waals surface area contributed by atoms with Gasteiger partial charge in [0, 0.05) is 45.4 Å². The molecule has 422 valence electrons. The number of unbranched alkanes of at least 4 members (excludes halogenated alkanes) is 18. The van der Waals surface area contributed by atoms with Crippen molar-refractivity contribution >= 4 is 17.8 Å². The van der Waals surface area contributed by atoms with E-state index in [4.69, 9.17) is 18.9 Å². The highest BCUT2D eigenvalue weighted by molar-refractivity contribution is 5.85. The number of rotatable bonds is 48. The van der Waals surface area contributed by atoms with Crippen molar-refractivity contribution < 1.29 is 33.3 Å². The molecular weight excluding hydrogens is 913 g/mol. The van der Waals surface area contributed by atoms with Crippen molar-refractivity contribution in [3.63, 3.8) is 0 Å². The first-order valence-electron chi connectivity index (χ1n) is 30.5. The second-order valence-corrected chi connectivity index (χ2v) is 20.7. The van der Waals surface area contributed by atoms with Crippen molar-refractivity contribution in [2.24, 2.45) is 0 Å². The molecule has 1 amide bonds. The van der Waals surface area contributed by atoms with Gasteiger partial charge >= 0.3 is 11.9 Å². The number of nitrogens with zero attached hydrogens (tertiary/aromatic N) is 4. The molecule has 2 saturated heterocycles. The van der Waals surface area contributed by atoms with Crippen LogP contribution in [0.5, 0.6) is 0 Å². The van der Waals surface area contributed by atoms with E-state index in [0.717, 1.165) is 142 Å². The third kappa shape index (κ3) is 33.7. The number of likely N-dealkylation sites (N-methyl/N-ethyl adjacent to an activating group) is 2. The van der Waals surface area contributed by atoms with Gasteiger partial charge in [0.1, 0.15) is 12.1 Å². The normalized spacial score (nSPS) is 18.7. The number of hydrogen-bond acceptors (Lipinski definition) is 10. The van der Waals surface area contributed by atoms with Crippen LogP contribution in [-0.4, -0.2) is 147 Å². The van der Waals surface area contributed by atoms with Gasteiger partial charge in [-0.3, -0.25) is 14.5 Å². The van der Waals surface area contributed by atoms with E-state index in [9.17, 15) is 14.4 Å². The summed E-state index contributed by atoms with van der Waals surface area (Å²) >= 11 is 0. The third-order valence-electron chi connectivity index (χ3n) is 14.7. The van der Waals surface area contributed by atoms with E-state index in [1.807, 2.05) is 0 Å². The first-order chi connectivity index (χ1) is 35.8. The second-order valence-electron chi connectivity index (χ2n) is 20.7. The van der Waals surface area contributed by atoms with E-state index < -0.39 is 12.1 Å². The van der Waals surface area contributed by atoms with Gasteiger partial charge in [0.05, 0.1) is 38.6 Å². The maximum absolute atomic E-state index is 13.7. The Hall–Kier alpha value is -2.83. The Morgan fingerprint density at radius 1 is 0.493 bits per heavy atom. The number of likely N-dealkylation sites (tertiary alicyclic amines) is 2. The van der Waals surface area contributed by atoms with Gasteiger partial charge in [-0.15, -0.1) is 0 Å². The van der Waals surface area contributed by atoms with Gasteiger partial charge in [-0.2, -0.15) is 0 Å². The average molecular weight is 1030 g/mol. The van der Waals surface area contributed by atoms with Gasteiger partial charge in [-0.1, -0.05) is 161 Å². The van der Waals surface area contributed by atoms with Gasteiger partial charge in [0.2, 0.25) is 5.91 Å². The fraction of sp³-hybridized carbons (Fsp3) is 0.823. The minimum absolute atomic E-state index is 0.0328. The fourth-order valence-corrected chi connectivity index (χ4v) is 9.89. The van der Waals surface area contributed by atoms with Crippen LogP contribution in [0.15, 0.2) is 48.6 Å². The quantitative estimate of drug-likeness (QED) is 0.0333. The lowest BCUT2D eigenvalue weighted by atomic mass is 10.1. The van der Waals surface area contributed by atoms with Crippen molar-refractivity contribution in [3.8, 4) is 0 Å². The standard InChI is InChI=1S/C62H112N4O7/c1-7-13-15-17-19-21-23-25-27-29-31-33-35-37-39-43-49-72-62(69)57-52-56(53-66(57)60(67)44-40-38-36-34-32-30-28-26-24-22-20-18-16-14-8-2)73-61(68)45-41-42-46-65-54-58(70-50-47-63(9-3)10-4)59(55-65)71-51-48-64(11-5)12-6/h19-22,25-28,56-59H,7-18,23-24,29-55H2,1-6H3/b21-19-,22-20-,27-25-,28-26-. The molecular formula is C62H112N4O7. The van der Waals surface area contributed by atoms with E-state index in [1.165, 1.54) is 70.6 Å². The highest BCUT2D eigenvalue weighted by atomic mass is 16.6. The minimum atomic E-state index is -0.715. The van der Waals surface area contributed by atoms with Gasteiger partial charge in [-0.05, 0) is 123 Å². The van der Waals surface area contributed by atoms with Gasteiger partial charge in [-0.25, -0.2) is 4.79 Å². The number of esters is 2. The topological polar surface area (TPSA) is 101 Å². The van der Waals surface area contributed by atoms with E-state index in [1.54, 1.807) is 4.90 Å². The molecule has 0 aliphatic carbocycles. The van der Waals surface area contributed by atoms with E-state index in [-0.39, 0.29) is 36.6 Å². The molecule has 0 bridgehead atoms. The lowest BCUT2D eigenvalue weighted by Crippen LogP contribution is -2.41. The van der Waals surface area contributed by atoms with Crippen molar-refractivity contribution in [1.82, 2.24) is 19.6 Å². The summed E-state index contributed by atoms with van der Waals surface area (Å²) in [7, 11) is 0. The Labute approximate surface area is 448 Å². The SMILES string of the molecule is CCCCC/C=C\C/C=C\CCCCCCCCOC(=O)C1CC(OC(=O)CCCCN2CC(OCCN(CC)CC)C(OCCN(CC)CC)C2)CN1C(=O)CCCCCCC/C=C\C/C=C\CCCCC. The number of carbonyl (C=O) groups excluding carboxylic acids is 3. The molecule has 2 aliphatic heterocycles. The van der Waals surface area contributed by atoms with Crippen LogP contribution in [-0.2, 0) is 33.3 Å². The Balaban J connectivity index is 1.81. The molecule has 0 N–H and O–H groups in total. The number of carbonyl (C=O) groups is 3. The summed E-state index contributed by atoms with van der Waals surface area (Å²) < 4.78 is 24.7. The zero-order valence-electron chi connectivity index (χ0n) is 48.1. The largest absolute Gasteiger partial charge is 0.464 e. The summed E-state index contributed by atoms with van der Waals surface area (Å²) in [6, 6.07) is -0.715. The van der Waals surface area contributed by atoms with Gasteiger partial charge in [0.25, 0.3) is 0 Å². The molecule has 0 aromatic carbocycles. The van der Waals surface area contributed by atoms with Crippen LogP contribution in [0, 0.1) is 0 Å². The molecule has 11 nitrogen and oxygen atoms in total. The van der Waals surface area contributed by atoms with E-state index in [2.05, 4.69) is 105 Å². The summed E-state index contributed by atoms with van der Waals surface area (Å²) in [6.07, 6.45) is 46.6. The molecule has 2 heterocycles. The van der Waals surface area contributed by atoms with Crippen LogP contribution in [0.2, 0.25) is 0 Å². The Morgan fingerprint density at radius 2 is 0.945 bits per heavy atom. The summed E-state index contributed by atoms with van der Waals surface area (Å²) in [5.41, 5.74) is 0. The van der Waals surface area contributed by atoms with Crippen LogP contribution in [0.25, 0.3) is 0 Å². The fourth-order valence-electron chi connectivity index (χ4n) is 9.89. The minimum Gasteiger partial charge on any atom is -0.464 e. The monoisotopic (exact) mass is 1020 g/mol. The van der Waals surface area contributed by atoms with Crippen LogP contribution in [0.4, 0.5) is 0 Å².